The van der Waals surface area contributed by atoms with Gasteiger partial charge in [-0.25, -0.2) is 0 Å². The highest BCUT2D eigenvalue weighted by Crippen LogP contribution is 2.42. The second-order valence-corrected chi connectivity index (χ2v) is 5.82. The Balaban J connectivity index is 0.00000144. The molecule has 0 unspecified atom stereocenters. The van der Waals surface area contributed by atoms with E-state index in [1.165, 1.54) is 5.56 Å². The molecule has 0 radical (unpaired) electrons. The normalized spacial score (nSPS) is 22.9. The average Bonchev–Trinajstić information content (AvgIpc) is 3.16. The van der Waals surface area contributed by atoms with E-state index in [1.807, 2.05) is 30.3 Å². The minimum Gasteiger partial charge on any atom is -0.493 e. The summed E-state index contributed by atoms with van der Waals surface area (Å²) in [5, 5.41) is 9.09. The number of likely N-dealkylation sites (tertiary alicyclic amines) is 1. The van der Waals surface area contributed by atoms with Crippen LogP contribution in [0.4, 0.5) is 0 Å². The Kier molecular flexibility index (Phi) is 4.10. The highest BCUT2D eigenvalue weighted by atomic mass is 35.5. The van der Waals surface area contributed by atoms with Crippen LogP contribution in [0, 0.1) is 17.2 Å². The molecule has 1 fully saturated rings. The van der Waals surface area contributed by atoms with Gasteiger partial charge in [0.15, 0.2) is 0 Å². The number of nitriles is 1. The minimum absolute atomic E-state index is 0. The number of nitrogens with zero attached hydrogens (tertiary/aromatic N) is 2. The number of hydrogen-bond donors (Lipinski definition) is 0. The lowest BCUT2D eigenvalue weighted by Crippen LogP contribution is -2.25. The molecule has 0 bridgehead atoms. The van der Waals surface area contributed by atoms with E-state index in [4.69, 9.17) is 14.4 Å². The van der Waals surface area contributed by atoms with Crippen LogP contribution in [0.15, 0.2) is 41.0 Å². The standard InChI is InChI=1S/C17H16N2O2.ClH/c18-7-12-3-4-17-15(6-12)16-10-19(8-13(16)11-21-17)9-14-2-1-5-20-14;/h1-6,13,16H,8-11H2;1H/t13-,16+;/m0./s1. The van der Waals surface area contributed by atoms with Gasteiger partial charge >= 0.3 is 0 Å². The van der Waals surface area contributed by atoms with Gasteiger partial charge in [0.05, 0.1) is 31.0 Å². The van der Waals surface area contributed by atoms with Crippen molar-refractivity contribution in [2.24, 2.45) is 5.92 Å². The van der Waals surface area contributed by atoms with E-state index in [0.29, 0.717) is 17.4 Å². The molecular weight excluding hydrogens is 300 g/mol. The number of furan rings is 1. The van der Waals surface area contributed by atoms with Gasteiger partial charge in [-0.15, -0.1) is 12.4 Å². The topological polar surface area (TPSA) is 49.4 Å². The van der Waals surface area contributed by atoms with Crippen LogP contribution in [0.1, 0.15) is 22.8 Å². The van der Waals surface area contributed by atoms with Gasteiger partial charge in [0.1, 0.15) is 11.5 Å². The van der Waals surface area contributed by atoms with Crippen LogP contribution in [-0.2, 0) is 6.54 Å². The summed E-state index contributed by atoms with van der Waals surface area (Å²) in [6, 6.07) is 11.9. The second kappa shape index (κ2) is 6.04. The van der Waals surface area contributed by atoms with E-state index < -0.39 is 0 Å². The Bertz CT molecular complexity index is 693. The van der Waals surface area contributed by atoms with Gasteiger partial charge in [-0.3, -0.25) is 4.90 Å². The van der Waals surface area contributed by atoms with Crippen molar-refractivity contribution in [1.29, 1.82) is 5.26 Å². The van der Waals surface area contributed by atoms with Crippen molar-refractivity contribution in [3.63, 3.8) is 0 Å². The molecule has 2 atom stereocenters. The van der Waals surface area contributed by atoms with Gasteiger partial charge in [0.2, 0.25) is 0 Å². The highest BCUT2D eigenvalue weighted by Gasteiger charge is 2.38. The molecule has 2 aliphatic rings. The first-order valence-electron chi connectivity index (χ1n) is 7.25. The average molecular weight is 317 g/mol. The van der Waals surface area contributed by atoms with Gasteiger partial charge in [-0.2, -0.15) is 5.26 Å². The summed E-state index contributed by atoms with van der Waals surface area (Å²) in [7, 11) is 0. The van der Waals surface area contributed by atoms with Crippen LogP contribution < -0.4 is 4.74 Å². The fraction of sp³-hybridized carbons (Fsp3) is 0.353. The molecule has 4 nitrogen and oxygen atoms in total. The number of rotatable bonds is 2. The first-order chi connectivity index (χ1) is 10.3. The molecule has 22 heavy (non-hydrogen) atoms. The van der Waals surface area contributed by atoms with E-state index in [9.17, 15) is 0 Å². The Labute approximate surface area is 135 Å². The van der Waals surface area contributed by atoms with E-state index in [2.05, 4.69) is 11.0 Å². The first-order valence-corrected chi connectivity index (χ1v) is 7.25. The van der Waals surface area contributed by atoms with Crippen molar-refractivity contribution < 1.29 is 9.15 Å². The van der Waals surface area contributed by atoms with E-state index in [1.54, 1.807) is 6.26 Å². The molecule has 3 heterocycles. The van der Waals surface area contributed by atoms with Gasteiger partial charge in [-0.1, -0.05) is 0 Å². The van der Waals surface area contributed by atoms with Crippen LogP contribution in [0.25, 0.3) is 0 Å². The summed E-state index contributed by atoms with van der Waals surface area (Å²) in [4.78, 5) is 2.41. The van der Waals surface area contributed by atoms with Gasteiger partial charge in [0, 0.05) is 30.5 Å². The lowest BCUT2D eigenvalue weighted by atomic mass is 9.86. The molecule has 1 aromatic carbocycles. The number of ether oxygens (including phenoxy) is 1. The maximum atomic E-state index is 9.09. The zero-order chi connectivity index (χ0) is 14.2. The summed E-state index contributed by atoms with van der Waals surface area (Å²) in [6.07, 6.45) is 1.72. The molecule has 2 aliphatic heterocycles. The van der Waals surface area contributed by atoms with Crippen molar-refractivity contribution in [3.8, 4) is 11.8 Å². The predicted molar refractivity (Wildman–Crippen MR) is 84.1 cm³/mol. The Hall–Kier alpha value is -1.96. The third kappa shape index (κ3) is 2.58. The van der Waals surface area contributed by atoms with Gasteiger partial charge in [-0.05, 0) is 30.3 Å². The largest absolute Gasteiger partial charge is 0.493 e. The number of benzene rings is 1. The van der Waals surface area contributed by atoms with E-state index in [-0.39, 0.29) is 12.4 Å². The number of hydrogen-bond acceptors (Lipinski definition) is 4. The molecule has 2 aromatic rings. The smallest absolute Gasteiger partial charge is 0.122 e. The molecule has 5 heteroatoms. The molecule has 0 amide bonds. The lowest BCUT2D eigenvalue weighted by Gasteiger charge is -2.27. The van der Waals surface area contributed by atoms with E-state index in [0.717, 1.165) is 37.8 Å². The Morgan fingerprint density at radius 3 is 2.95 bits per heavy atom. The lowest BCUT2D eigenvalue weighted by molar-refractivity contribution is 0.210. The summed E-state index contributed by atoms with van der Waals surface area (Å²) >= 11 is 0. The molecule has 0 saturated carbocycles. The molecule has 1 saturated heterocycles. The van der Waals surface area contributed by atoms with Gasteiger partial charge < -0.3 is 9.15 Å². The summed E-state index contributed by atoms with van der Waals surface area (Å²) in [6.45, 7) is 3.61. The Morgan fingerprint density at radius 2 is 2.18 bits per heavy atom. The third-order valence-electron chi connectivity index (χ3n) is 4.47. The SMILES string of the molecule is Cl.N#Cc1ccc2c(c1)[C@@H]1CN(Cc3ccco3)C[C@H]1CO2. The molecule has 0 spiro atoms. The zero-order valence-corrected chi connectivity index (χ0v) is 12.9. The number of halogens is 1. The van der Waals surface area contributed by atoms with Crippen LogP contribution in [0.2, 0.25) is 0 Å². The molecule has 0 aliphatic carbocycles. The first kappa shape index (κ1) is 15.0. The summed E-state index contributed by atoms with van der Waals surface area (Å²) < 4.78 is 11.3. The quantitative estimate of drug-likeness (QED) is 0.854. The summed E-state index contributed by atoms with van der Waals surface area (Å²) in [5.74, 6) is 2.90. The van der Waals surface area contributed by atoms with Crippen molar-refractivity contribution in [2.75, 3.05) is 19.7 Å². The monoisotopic (exact) mass is 316 g/mol. The van der Waals surface area contributed by atoms with Crippen molar-refractivity contribution in [2.45, 2.75) is 12.5 Å². The molecule has 114 valence electrons. The maximum Gasteiger partial charge on any atom is 0.122 e. The maximum absolute atomic E-state index is 9.09. The van der Waals surface area contributed by atoms with Crippen LogP contribution in [0.3, 0.4) is 0 Å². The molecule has 0 N–H and O–H groups in total. The molecule has 4 rings (SSSR count). The summed E-state index contributed by atoms with van der Waals surface area (Å²) in [5.41, 5.74) is 1.90. The molecule has 1 aromatic heterocycles. The zero-order valence-electron chi connectivity index (χ0n) is 12.1. The third-order valence-corrected chi connectivity index (χ3v) is 4.47. The van der Waals surface area contributed by atoms with Crippen LogP contribution in [0.5, 0.6) is 5.75 Å². The predicted octanol–water partition coefficient (Wildman–Crippen LogP) is 3.18. The van der Waals surface area contributed by atoms with Crippen molar-refractivity contribution in [1.82, 2.24) is 4.90 Å². The highest BCUT2D eigenvalue weighted by molar-refractivity contribution is 5.85. The fourth-order valence-corrected chi connectivity index (χ4v) is 3.47. The Morgan fingerprint density at radius 1 is 1.27 bits per heavy atom. The van der Waals surface area contributed by atoms with Crippen LogP contribution in [-0.4, -0.2) is 24.6 Å². The van der Waals surface area contributed by atoms with Crippen LogP contribution >= 0.6 is 12.4 Å². The molecular formula is C17H17ClN2O2. The van der Waals surface area contributed by atoms with Crippen molar-refractivity contribution >= 4 is 12.4 Å². The van der Waals surface area contributed by atoms with E-state index >= 15 is 0 Å². The number of fused-ring (bicyclic) bond motifs is 3. The van der Waals surface area contributed by atoms with Crippen molar-refractivity contribution in [3.05, 3.63) is 53.5 Å². The second-order valence-electron chi connectivity index (χ2n) is 5.82. The minimum atomic E-state index is 0. The van der Waals surface area contributed by atoms with Gasteiger partial charge in [0.25, 0.3) is 0 Å². The fourth-order valence-electron chi connectivity index (χ4n) is 3.47.